The smallest absolute Gasteiger partial charge is 0.275 e. The highest BCUT2D eigenvalue weighted by Gasteiger charge is 2.46. The van der Waals surface area contributed by atoms with Gasteiger partial charge in [-0.15, -0.1) is 0 Å². The zero-order valence-electron chi connectivity index (χ0n) is 12.9. The molecule has 1 heterocycles. The number of aliphatic hydroxyl groups is 2. The molecule has 1 aromatic rings. The van der Waals surface area contributed by atoms with E-state index in [1.807, 2.05) is 0 Å². The Labute approximate surface area is 135 Å². The van der Waals surface area contributed by atoms with Crippen LogP contribution in [0, 0.1) is 11.8 Å². The number of benzene rings is 1. The van der Waals surface area contributed by atoms with Crippen LogP contribution >= 0.6 is 0 Å². The molecule has 1 fully saturated rings. The second kappa shape index (κ2) is 8.09. The van der Waals surface area contributed by atoms with Gasteiger partial charge in [0.2, 0.25) is 0 Å². The number of hydrogen-bond acceptors (Lipinski definition) is 5. The van der Waals surface area contributed by atoms with Crippen LogP contribution in [-0.4, -0.2) is 39.6 Å². The minimum Gasteiger partial charge on any atom is -0.387 e. The number of carbonyl (C=O) groups excluding carboxylic acids is 1. The third-order valence-corrected chi connectivity index (χ3v) is 3.76. The van der Waals surface area contributed by atoms with Gasteiger partial charge in [0, 0.05) is 12.0 Å². The molecule has 1 saturated heterocycles. The minimum absolute atomic E-state index is 0.629. The summed E-state index contributed by atoms with van der Waals surface area (Å²) < 4.78 is 5.37. The van der Waals surface area contributed by atoms with Gasteiger partial charge >= 0.3 is 0 Å². The maximum absolute atomic E-state index is 11.4. The molecular formula is C17H21NO5. The molecule has 1 aliphatic heterocycles. The third-order valence-electron chi connectivity index (χ3n) is 3.76. The van der Waals surface area contributed by atoms with Gasteiger partial charge in [-0.25, -0.2) is 5.48 Å². The number of aliphatic hydroxyl groups excluding tert-OH is 2. The maximum Gasteiger partial charge on any atom is 0.275 e. The molecule has 0 unspecified atom stereocenters. The van der Waals surface area contributed by atoms with Gasteiger partial charge in [0.1, 0.15) is 18.3 Å². The van der Waals surface area contributed by atoms with E-state index in [1.54, 1.807) is 24.3 Å². The predicted molar refractivity (Wildman–Crippen MR) is 82.4 cm³/mol. The first kappa shape index (κ1) is 17.4. The van der Waals surface area contributed by atoms with Gasteiger partial charge in [-0.3, -0.25) is 10.0 Å². The molecule has 1 aromatic carbocycles. The van der Waals surface area contributed by atoms with Crippen molar-refractivity contribution >= 4 is 5.91 Å². The van der Waals surface area contributed by atoms with Crippen molar-refractivity contribution in [2.75, 3.05) is 0 Å². The van der Waals surface area contributed by atoms with E-state index in [0.29, 0.717) is 5.56 Å². The van der Waals surface area contributed by atoms with Crippen LogP contribution < -0.4 is 5.48 Å². The highest BCUT2D eigenvalue weighted by molar-refractivity contribution is 5.80. The first-order valence-electron chi connectivity index (χ1n) is 7.62. The maximum atomic E-state index is 11.4. The normalized spacial score (nSPS) is 26.4. The molecule has 0 spiro atoms. The number of rotatable bonds is 4. The van der Waals surface area contributed by atoms with Gasteiger partial charge in [0.25, 0.3) is 5.91 Å². The Kier molecular flexibility index (Phi) is 6.13. The van der Waals surface area contributed by atoms with E-state index in [1.165, 1.54) is 5.48 Å². The van der Waals surface area contributed by atoms with Crippen LogP contribution in [0.25, 0.3) is 0 Å². The molecule has 0 bridgehead atoms. The summed E-state index contributed by atoms with van der Waals surface area (Å²) in [6.45, 7) is 2.11. The number of hydrogen-bond donors (Lipinski definition) is 4. The van der Waals surface area contributed by atoms with Gasteiger partial charge in [-0.05, 0) is 24.1 Å². The molecule has 0 aliphatic carbocycles. The molecule has 1 amide bonds. The van der Waals surface area contributed by atoms with Crippen LogP contribution in [0.4, 0.5) is 0 Å². The lowest BCUT2D eigenvalue weighted by Crippen LogP contribution is -2.41. The Morgan fingerprint density at radius 3 is 2.57 bits per heavy atom. The van der Waals surface area contributed by atoms with E-state index in [2.05, 4.69) is 18.8 Å². The minimum atomic E-state index is -1.40. The topological polar surface area (TPSA) is 99.0 Å². The number of nitrogens with one attached hydrogen (secondary N) is 1. The molecule has 4 N–H and O–H groups in total. The van der Waals surface area contributed by atoms with Crippen molar-refractivity contribution in [3.8, 4) is 11.8 Å². The fourth-order valence-electron chi connectivity index (χ4n) is 2.42. The number of unbranched alkanes of at least 4 members (excludes halogenated alkanes) is 2. The van der Waals surface area contributed by atoms with Gasteiger partial charge in [-0.1, -0.05) is 37.3 Å². The van der Waals surface area contributed by atoms with Crippen molar-refractivity contribution in [3.05, 3.63) is 35.4 Å². The van der Waals surface area contributed by atoms with Gasteiger partial charge in [0.05, 0.1) is 0 Å². The Balaban J connectivity index is 2.07. The summed E-state index contributed by atoms with van der Waals surface area (Å²) in [5.74, 6) is 5.25. The van der Waals surface area contributed by atoms with Gasteiger partial charge in [-0.2, -0.15) is 0 Å². The number of hydroxylamine groups is 1. The average Bonchev–Trinajstić information content (AvgIpc) is 2.87. The lowest BCUT2D eigenvalue weighted by molar-refractivity contribution is -0.144. The molecule has 4 atom stereocenters. The van der Waals surface area contributed by atoms with Crippen molar-refractivity contribution in [3.63, 3.8) is 0 Å². The second-order valence-electron chi connectivity index (χ2n) is 5.46. The highest BCUT2D eigenvalue weighted by atomic mass is 16.6. The van der Waals surface area contributed by atoms with Crippen LogP contribution in [0.15, 0.2) is 24.3 Å². The second-order valence-corrected chi connectivity index (χ2v) is 5.46. The lowest BCUT2D eigenvalue weighted by Gasteiger charge is -2.14. The zero-order chi connectivity index (χ0) is 16.8. The van der Waals surface area contributed by atoms with Gasteiger partial charge < -0.3 is 14.9 Å². The summed E-state index contributed by atoms with van der Waals surface area (Å²) in [4.78, 5) is 11.4. The molecule has 23 heavy (non-hydrogen) atoms. The number of ether oxygens (including phenoxy) is 1. The van der Waals surface area contributed by atoms with Crippen molar-refractivity contribution in [2.45, 2.75) is 50.6 Å². The molecule has 0 aromatic heterocycles. The van der Waals surface area contributed by atoms with Gasteiger partial charge in [0.15, 0.2) is 6.10 Å². The van der Waals surface area contributed by atoms with Crippen LogP contribution in [0.1, 0.15) is 43.4 Å². The molecule has 6 nitrogen and oxygen atoms in total. The summed E-state index contributed by atoms with van der Waals surface area (Å²) in [6, 6.07) is 7.08. The summed E-state index contributed by atoms with van der Waals surface area (Å²) in [5.41, 5.74) is 2.90. The Hall–Kier alpha value is -1.91. The van der Waals surface area contributed by atoms with E-state index in [4.69, 9.17) is 9.94 Å². The summed E-state index contributed by atoms with van der Waals surface area (Å²) in [5, 5.41) is 28.5. The molecule has 0 saturated carbocycles. The quantitative estimate of drug-likeness (QED) is 0.286. The Morgan fingerprint density at radius 1 is 1.26 bits per heavy atom. The fraction of sp³-hybridized carbons (Fsp3) is 0.471. The summed E-state index contributed by atoms with van der Waals surface area (Å²) in [6.07, 6.45) is -1.77. The molecule has 6 heteroatoms. The SMILES string of the molecule is CCCCC#Cc1ccc([C@@H]2O[C@H](C(=O)NO)[C@H](O)[C@@H]2O)cc1. The average molecular weight is 319 g/mol. The van der Waals surface area contributed by atoms with Crippen molar-refractivity contribution in [1.82, 2.24) is 5.48 Å². The van der Waals surface area contributed by atoms with E-state index in [9.17, 15) is 15.0 Å². The van der Waals surface area contributed by atoms with E-state index in [-0.39, 0.29) is 0 Å². The first-order valence-corrected chi connectivity index (χ1v) is 7.62. The van der Waals surface area contributed by atoms with Crippen LogP contribution in [0.2, 0.25) is 0 Å². The monoisotopic (exact) mass is 319 g/mol. The number of carbonyl (C=O) groups is 1. The fourth-order valence-corrected chi connectivity index (χ4v) is 2.42. The van der Waals surface area contributed by atoms with Crippen LogP contribution in [-0.2, 0) is 9.53 Å². The predicted octanol–water partition coefficient (Wildman–Crippen LogP) is 0.895. The Bertz CT molecular complexity index is 589. The van der Waals surface area contributed by atoms with Crippen LogP contribution in [0.5, 0.6) is 0 Å². The molecule has 124 valence electrons. The molecule has 2 rings (SSSR count). The third kappa shape index (κ3) is 4.09. The largest absolute Gasteiger partial charge is 0.387 e. The Morgan fingerprint density at radius 2 is 1.96 bits per heavy atom. The summed E-state index contributed by atoms with van der Waals surface area (Å²) in [7, 11) is 0. The van der Waals surface area contributed by atoms with E-state index in [0.717, 1.165) is 24.8 Å². The lowest BCUT2D eigenvalue weighted by atomic mass is 10.0. The van der Waals surface area contributed by atoms with Crippen LogP contribution in [0.3, 0.4) is 0 Å². The van der Waals surface area contributed by atoms with Crippen molar-refractivity contribution < 1.29 is 25.0 Å². The summed E-state index contributed by atoms with van der Waals surface area (Å²) >= 11 is 0. The number of amides is 1. The first-order chi connectivity index (χ1) is 11.1. The molecule has 0 radical (unpaired) electrons. The van der Waals surface area contributed by atoms with E-state index < -0.39 is 30.3 Å². The zero-order valence-corrected chi connectivity index (χ0v) is 12.9. The molecular weight excluding hydrogens is 298 g/mol. The molecule has 1 aliphatic rings. The van der Waals surface area contributed by atoms with Crippen molar-refractivity contribution in [1.29, 1.82) is 0 Å². The van der Waals surface area contributed by atoms with E-state index >= 15 is 0 Å². The standard InChI is InChI=1S/C17H21NO5/c1-2-3-4-5-6-11-7-9-12(10-8-11)15-13(19)14(20)16(23-15)17(21)18-22/h7-10,13-16,19-20,22H,2-4H2,1H3,(H,18,21)/t13-,14+,15-,16-/m0/s1. The highest BCUT2D eigenvalue weighted by Crippen LogP contribution is 2.33. The van der Waals surface area contributed by atoms with Crippen molar-refractivity contribution in [2.24, 2.45) is 0 Å².